The van der Waals surface area contributed by atoms with Crippen LogP contribution >= 0.6 is 0 Å². The maximum atomic E-state index is 3.81. The molecule has 2 heteroatoms. The third-order valence-corrected chi connectivity index (χ3v) is 3.94. The van der Waals surface area contributed by atoms with Crippen LogP contribution in [0.15, 0.2) is 0 Å². The lowest BCUT2D eigenvalue weighted by molar-refractivity contribution is 0.315. The van der Waals surface area contributed by atoms with Crippen LogP contribution in [0.1, 0.15) is 58.8 Å². The molecule has 1 saturated carbocycles. The molecule has 1 N–H and O–H groups in total. The molecule has 0 spiro atoms. The fourth-order valence-electron chi connectivity index (χ4n) is 3.24. The van der Waals surface area contributed by atoms with Crippen LogP contribution < -0.4 is 5.32 Å². The highest BCUT2D eigenvalue weighted by Gasteiger charge is 2.19. The zero-order chi connectivity index (χ0) is 12.7. The van der Waals surface area contributed by atoms with Gasteiger partial charge in [0.05, 0.1) is 0 Å². The summed E-state index contributed by atoms with van der Waals surface area (Å²) in [5.74, 6) is 1.01. The second kappa shape index (κ2) is 8.10. The Morgan fingerprint density at radius 3 is 2.59 bits per heavy atom. The maximum Gasteiger partial charge on any atom is 0.0169 e. The summed E-state index contributed by atoms with van der Waals surface area (Å²) in [6, 6.07) is 1.39. The molecule has 0 radical (unpaired) electrons. The molecule has 0 aromatic carbocycles. The predicted octanol–water partition coefficient (Wildman–Crippen LogP) is 3.28. The van der Waals surface area contributed by atoms with Gasteiger partial charge < -0.3 is 10.2 Å². The highest BCUT2D eigenvalue weighted by Crippen LogP contribution is 2.26. The van der Waals surface area contributed by atoms with E-state index in [-0.39, 0.29) is 0 Å². The molecule has 102 valence electrons. The van der Waals surface area contributed by atoms with Crippen LogP contribution in [0.25, 0.3) is 0 Å². The molecule has 1 fully saturated rings. The van der Waals surface area contributed by atoms with Gasteiger partial charge in [0.25, 0.3) is 0 Å². The van der Waals surface area contributed by atoms with Crippen LogP contribution in [0.2, 0.25) is 0 Å². The second-order valence-electron chi connectivity index (χ2n) is 6.19. The van der Waals surface area contributed by atoms with Crippen LogP contribution in [0, 0.1) is 5.92 Å². The molecule has 3 unspecified atom stereocenters. The zero-order valence-corrected chi connectivity index (χ0v) is 12.3. The smallest absolute Gasteiger partial charge is 0.0169 e. The lowest BCUT2D eigenvalue weighted by Gasteiger charge is -2.24. The van der Waals surface area contributed by atoms with E-state index in [1.54, 1.807) is 0 Å². The van der Waals surface area contributed by atoms with Gasteiger partial charge in [0.15, 0.2) is 0 Å². The van der Waals surface area contributed by atoms with Crippen molar-refractivity contribution in [1.82, 2.24) is 10.2 Å². The van der Waals surface area contributed by atoms with Crippen molar-refractivity contribution in [2.24, 2.45) is 5.92 Å². The van der Waals surface area contributed by atoms with Crippen molar-refractivity contribution in [2.45, 2.75) is 70.9 Å². The normalized spacial score (nSPS) is 28.1. The topological polar surface area (TPSA) is 15.3 Å². The Morgan fingerprint density at radius 2 is 1.94 bits per heavy atom. The summed E-state index contributed by atoms with van der Waals surface area (Å²) in [4.78, 5) is 2.27. The van der Waals surface area contributed by atoms with E-state index in [1.165, 1.54) is 44.9 Å². The number of hydrogen-bond donors (Lipinski definition) is 1. The molecule has 0 aromatic rings. The van der Waals surface area contributed by atoms with Crippen molar-refractivity contribution >= 4 is 0 Å². The third-order valence-electron chi connectivity index (χ3n) is 3.94. The summed E-state index contributed by atoms with van der Waals surface area (Å²) in [6.45, 7) is 5.78. The molecule has 0 aliphatic heterocycles. The zero-order valence-electron chi connectivity index (χ0n) is 12.3. The Kier molecular flexibility index (Phi) is 7.14. The fraction of sp³-hybridized carbons (Fsp3) is 1.00. The lowest BCUT2D eigenvalue weighted by atomic mass is 9.95. The molecule has 2 nitrogen and oxygen atoms in total. The van der Waals surface area contributed by atoms with Gasteiger partial charge in [-0.2, -0.15) is 0 Å². The van der Waals surface area contributed by atoms with Gasteiger partial charge in [-0.05, 0) is 46.2 Å². The Labute approximate surface area is 108 Å². The van der Waals surface area contributed by atoms with Crippen LogP contribution in [-0.2, 0) is 0 Å². The Balaban J connectivity index is 2.26. The van der Waals surface area contributed by atoms with E-state index in [0.29, 0.717) is 6.04 Å². The van der Waals surface area contributed by atoms with Gasteiger partial charge in [0.1, 0.15) is 0 Å². The summed E-state index contributed by atoms with van der Waals surface area (Å²) < 4.78 is 0. The summed E-state index contributed by atoms with van der Waals surface area (Å²) in [5.41, 5.74) is 0. The van der Waals surface area contributed by atoms with Crippen LogP contribution in [0.5, 0.6) is 0 Å². The number of likely N-dealkylation sites (N-methyl/N-ethyl adjacent to an activating group) is 1. The highest BCUT2D eigenvalue weighted by molar-refractivity contribution is 4.78. The standard InChI is InChI=1S/C15H32N2/c1-5-7-14-8-6-9-15(11-10-14)16-13(2)12-17(3)4/h13-16H,5-12H2,1-4H3. The molecular weight excluding hydrogens is 208 g/mol. The molecule has 0 bridgehead atoms. The van der Waals surface area contributed by atoms with Gasteiger partial charge in [-0.25, -0.2) is 0 Å². The Hall–Kier alpha value is -0.0800. The molecule has 1 rings (SSSR count). The Morgan fingerprint density at radius 1 is 1.18 bits per heavy atom. The molecule has 3 atom stereocenters. The van der Waals surface area contributed by atoms with Crippen molar-refractivity contribution in [1.29, 1.82) is 0 Å². The fourth-order valence-corrected chi connectivity index (χ4v) is 3.24. The minimum atomic E-state index is 0.623. The van der Waals surface area contributed by atoms with Crippen molar-refractivity contribution in [3.8, 4) is 0 Å². The first-order chi connectivity index (χ1) is 8.11. The van der Waals surface area contributed by atoms with Crippen molar-refractivity contribution in [2.75, 3.05) is 20.6 Å². The van der Waals surface area contributed by atoms with Crippen molar-refractivity contribution < 1.29 is 0 Å². The van der Waals surface area contributed by atoms with E-state index in [9.17, 15) is 0 Å². The second-order valence-corrected chi connectivity index (χ2v) is 6.19. The summed E-state index contributed by atoms with van der Waals surface area (Å²) in [6.07, 6.45) is 9.92. The average molecular weight is 240 g/mol. The molecule has 0 aromatic heterocycles. The van der Waals surface area contributed by atoms with Crippen molar-refractivity contribution in [3.63, 3.8) is 0 Å². The monoisotopic (exact) mass is 240 g/mol. The number of nitrogens with zero attached hydrogens (tertiary/aromatic N) is 1. The SMILES string of the molecule is CCCC1CCCC(NC(C)CN(C)C)CC1. The first kappa shape index (κ1) is 15.0. The third kappa shape index (κ3) is 6.42. The van der Waals surface area contributed by atoms with Gasteiger partial charge in [0, 0.05) is 18.6 Å². The molecule has 0 saturated heterocycles. The van der Waals surface area contributed by atoms with Gasteiger partial charge in [-0.3, -0.25) is 0 Å². The molecule has 0 amide bonds. The van der Waals surface area contributed by atoms with Crippen molar-refractivity contribution in [3.05, 3.63) is 0 Å². The van der Waals surface area contributed by atoms with Crippen LogP contribution in [-0.4, -0.2) is 37.6 Å². The van der Waals surface area contributed by atoms with E-state index in [4.69, 9.17) is 0 Å². The number of hydrogen-bond acceptors (Lipinski definition) is 2. The quantitative estimate of drug-likeness (QED) is 0.717. The predicted molar refractivity (Wildman–Crippen MR) is 76.4 cm³/mol. The van der Waals surface area contributed by atoms with Gasteiger partial charge >= 0.3 is 0 Å². The van der Waals surface area contributed by atoms with E-state index >= 15 is 0 Å². The van der Waals surface area contributed by atoms with Crippen LogP contribution in [0.3, 0.4) is 0 Å². The minimum Gasteiger partial charge on any atom is -0.310 e. The minimum absolute atomic E-state index is 0.623. The van der Waals surface area contributed by atoms with E-state index in [0.717, 1.165) is 18.5 Å². The summed E-state index contributed by atoms with van der Waals surface area (Å²) in [5, 5.41) is 3.81. The summed E-state index contributed by atoms with van der Waals surface area (Å²) >= 11 is 0. The lowest BCUT2D eigenvalue weighted by Crippen LogP contribution is -2.41. The Bertz CT molecular complexity index is 191. The van der Waals surface area contributed by atoms with Gasteiger partial charge in [0.2, 0.25) is 0 Å². The van der Waals surface area contributed by atoms with E-state index in [1.807, 2.05) is 0 Å². The largest absolute Gasteiger partial charge is 0.310 e. The van der Waals surface area contributed by atoms with E-state index < -0.39 is 0 Å². The van der Waals surface area contributed by atoms with Gasteiger partial charge in [-0.15, -0.1) is 0 Å². The van der Waals surface area contributed by atoms with Crippen LogP contribution in [0.4, 0.5) is 0 Å². The van der Waals surface area contributed by atoms with Gasteiger partial charge in [-0.1, -0.05) is 32.6 Å². The highest BCUT2D eigenvalue weighted by atomic mass is 15.1. The number of rotatable bonds is 6. The molecule has 0 heterocycles. The first-order valence-corrected chi connectivity index (χ1v) is 7.52. The molecule has 1 aliphatic rings. The van der Waals surface area contributed by atoms with E-state index in [2.05, 4.69) is 38.2 Å². The maximum absolute atomic E-state index is 3.81. The first-order valence-electron chi connectivity index (χ1n) is 7.52. The summed E-state index contributed by atoms with van der Waals surface area (Å²) in [7, 11) is 4.31. The number of nitrogens with one attached hydrogen (secondary N) is 1. The average Bonchev–Trinajstić information content (AvgIpc) is 2.43. The molecule has 17 heavy (non-hydrogen) atoms. The molecule has 1 aliphatic carbocycles. The molecular formula is C15H32N2.